The predicted octanol–water partition coefficient (Wildman–Crippen LogP) is 4.77. The largest absolute Gasteiger partial charge is 0.497 e. The van der Waals surface area contributed by atoms with Crippen LogP contribution in [0.5, 0.6) is 5.75 Å². The topological polar surface area (TPSA) is 41.6 Å². The van der Waals surface area contributed by atoms with Gasteiger partial charge in [-0.2, -0.15) is 0 Å². The van der Waals surface area contributed by atoms with Gasteiger partial charge in [0.2, 0.25) is 0 Å². The van der Waals surface area contributed by atoms with Crippen LogP contribution in [-0.4, -0.2) is 37.6 Å². The quantitative estimate of drug-likeness (QED) is 0.756. The van der Waals surface area contributed by atoms with Crippen molar-refractivity contribution in [2.45, 2.75) is 38.6 Å². The van der Waals surface area contributed by atoms with Gasteiger partial charge in [0, 0.05) is 12.1 Å². The number of ether oxygens (including phenoxy) is 1. The Labute approximate surface area is 174 Å². The van der Waals surface area contributed by atoms with Crippen LogP contribution in [0, 0.1) is 6.92 Å². The number of nitrogens with zero attached hydrogens (tertiary/aromatic N) is 1. The van der Waals surface area contributed by atoms with Crippen LogP contribution >= 0.6 is 12.4 Å². The number of hydrogen-bond donors (Lipinski definition) is 1. The fraction of sp³-hybridized carbons (Fsp3) is 0.435. The molecule has 0 aliphatic carbocycles. The summed E-state index contributed by atoms with van der Waals surface area (Å²) in [6, 6.07) is 16.2. The van der Waals surface area contributed by atoms with Gasteiger partial charge in [-0.1, -0.05) is 42.7 Å². The predicted molar refractivity (Wildman–Crippen MR) is 117 cm³/mol. The second kappa shape index (κ2) is 11.1. The highest BCUT2D eigenvalue weighted by Gasteiger charge is 2.22. The van der Waals surface area contributed by atoms with Crippen molar-refractivity contribution in [2.75, 3.05) is 26.7 Å². The molecule has 0 aromatic heterocycles. The van der Waals surface area contributed by atoms with Gasteiger partial charge in [-0.15, -0.1) is 12.4 Å². The van der Waals surface area contributed by atoms with E-state index in [4.69, 9.17) is 4.74 Å². The molecule has 1 fully saturated rings. The van der Waals surface area contributed by atoms with E-state index in [0.29, 0.717) is 6.54 Å². The van der Waals surface area contributed by atoms with Gasteiger partial charge < -0.3 is 10.1 Å². The summed E-state index contributed by atoms with van der Waals surface area (Å²) in [6.07, 6.45) is 5.03. The van der Waals surface area contributed by atoms with Gasteiger partial charge >= 0.3 is 0 Å². The molecule has 1 aliphatic rings. The monoisotopic (exact) mass is 402 g/mol. The number of benzene rings is 2. The minimum absolute atomic E-state index is 0. The maximum absolute atomic E-state index is 12.6. The molecule has 152 valence electrons. The highest BCUT2D eigenvalue weighted by molar-refractivity contribution is 5.94. The van der Waals surface area contributed by atoms with Crippen LogP contribution in [0.2, 0.25) is 0 Å². The molecule has 0 saturated carbocycles. The lowest BCUT2D eigenvalue weighted by Gasteiger charge is -2.31. The fourth-order valence-corrected chi connectivity index (χ4v) is 3.77. The molecule has 4 nitrogen and oxygen atoms in total. The summed E-state index contributed by atoms with van der Waals surface area (Å²) < 4.78 is 5.30. The van der Waals surface area contributed by atoms with E-state index in [1.165, 1.54) is 31.2 Å². The zero-order valence-electron chi connectivity index (χ0n) is 16.8. The Balaban J connectivity index is 0.00000280. The smallest absolute Gasteiger partial charge is 0.251 e. The first-order valence-corrected chi connectivity index (χ1v) is 9.90. The van der Waals surface area contributed by atoms with Gasteiger partial charge in [-0.25, -0.2) is 0 Å². The van der Waals surface area contributed by atoms with Crippen LogP contribution in [0.3, 0.4) is 0 Å². The number of carbonyl (C=O) groups excluding carboxylic acids is 1. The third kappa shape index (κ3) is 5.98. The molecule has 1 N–H and O–H groups in total. The number of amides is 1. The van der Waals surface area contributed by atoms with Gasteiger partial charge in [0.1, 0.15) is 5.75 Å². The summed E-state index contributed by atoms with van der Waals surface area (Å²) in [6.45, 7) is 4.78. The van der Waals surface area contributed by atoms with Gasteiger partial charge in [-0.3, -0.25) is 9.69 Å². The van der Waals surface area contributed by atoms with E-state index in [-0.39, 0.29) is 24.4 Å². The molecular formula is C23H31ClN2O2. The summed E-state index contributed by atoms with van der Waals surface area (Å²) in [5.74, 6) is 0.851. The molecule has 1 saturated heterocycles. The van der Waals surface area contributed by atoms with E-state index in [9.17, 15) is 4.79 Å². The Morgan fingerprint density at radius 3 is 2.36 bits per heavy atom. The SMILES string of the molecule is COc1ccc(C(CNC(=O)c2cccc(C)c2)N2CCCCCC2)cc1.Cl. The van der Waals surface area contributed by atoms with Crippen molar-refractivity contribution in [1.29, 1.82) is 0 Å². The van der Waals surface area contributed by atoms with E-state index in [0.717, 1.165) is 30.0 Å². The first kappa shape index (κ1) is 22.3. The highest BCUT2D eigenvalue weighted by Crippen LogP contribution is 2.25. The maximum Gasteiger partial charge on any atom is 0.251 e. The third-order valence-corrected chi connectivity index (χ3v) is 5.32. The van der Waals surface area contributed by atoms with E-state index >= 15 is 0 Å². The number of rotatable bonds is 6. The zero-order valence-corrected chi connectivity index (χ0v) is 17.6. The van der Waals surface area contributed by atoms with Crippen LogP contribution in [0.25, 0.3) is 0 Å². The van der Waals surface area contributed by atoms with Crippen molar-refractivity contribution in [3.8, 4) is 5.75 Å². The molecule has 0 bridgehead atoms. The number of methoxy groups -OCH3 is 1. The summed E-state index contributed by atoms with van der Waals surface area (Å²) in [7, 11) is 1.68. The van der Waals surface area contributed by atoms with Gasteiger partial charge in [0.25, 0.3) is 5.91 Å². The van der Waals surface area contributed by atoms with Crippen LogP contribution in [0.15, 0.2) is 48.5 Å². The number of aryl methyl sites for hydroxylation is 1. The Hall–Kier alpha value is -2.04. The zero-order chi connectivity index (χ0) is 19.1. The van der Waals surface area contributed by atoms with Crippen LogP contribution < -0.4 is 10.1 Å². The average Bonchev–Trinajstić information content (AvgIpc) is 2.98. The number of nitrogens with one attached hydrogen (secondary N) is 1. The molecule has 3 rings (SSSR count). The first-order valence-electron chi connectivity index (χ1n) is 9.90. The second-order valence-electron chi connectivity index (χ2n) is 7.32. The Morgan fingerprint density at radius 1 is 1.07 bits per heavy atom. The van der Waals surface area contributed by atoms with E-state index in [2.05, 4.69) is 22.3 Å². The van der Waals surface area contributed by atoms with E-state index in [1.54, 1.807) is 7.11 Å². The molecule has 5 heteroatoms. The molecule has 28 heavy (non-hydrogen) atoms. The molecule has 2 aromatic rings. The summed E-state index contributed by atoms with van der Waals surface area (Å²) in [5.41, 5.74) is 3.04. The first-order chi connectivity index (χ1) is 13.2. The molecule has 0 radical (unpaired) electrons. The lowest BCUT2D eigenvalue weighted by molar-refractivity contribution is 0.0933. The second-order valence-corrected chi connectivity index (χ2v) is 7.32. The molecule has 1 amide bonds. The van der Waals surface area contributed by atoms with Gasteiger partial charge in [0.15, 0.2) is 0 Å². The lowest BCUT2D eigenvalue weighted by Crippen LogP contribution is -2.38. The Kier molecular flexibility index (Phi) is 8.81. The van der Waals surface area contributed by atoms with E-state index < -0.39 is 0 Å². The van der Waals surface area contributed by atoms with Crippen molar-refractivity contribution in [3.63, 3.8) is 0 Å². The lowest BCUT2D eigenvalue weighted by atomic mass is 10.0. The van der Waals surface area contributed by atoms with Gasteiger partial charge in [0.05, 0.1) is 13.2 Å². The Morgan fingerprint density at radius 2 is 1.75 bits per heavy atom. The van der Waals surface area contributed by atoms with E-state index in [1.807, 2.05) is 43.3 Å². The minimum atomic E-state index is -0.00738. The molecule has 2 aromatic carbocycles. The minimum Gasteiger partial charge on any atom is -0.497 e. The number of hydrogen-bond acceptors (Lipinski definition) is 3. The summed E-state index contributed by atoms with van der Waals surface area (Å²) in [4.78, 5) is 15.2. The third-order valence-electron chi connectivity index (χ3n) is 5.32. The summed E-state index contributed by atoms with van der Waals surface area (Å²) in [5, 5.41) is 3.16. The molecule has 1 unspecified atom stereocenters. The number of halogens is 1. The van der Waals surface area contributed by atoms with Crippen molar-refractivity contribution in [3.05, 3.63) is 65.2 Å². The van der Waals surface area contributed by atoms with Crippen LogP contribution in [-0.2, 0) is 0 Å². The average molecular weight is 403 g/mol. The molecule has 1 aliphatic heterocycles. The fourth-order valence-electron chi connectivity index (χ4n) is 3.77. The molecule has 0 spiro atoms. The highest BCUT2D eigenvalue weighted by atomic mass is 35.5. The maximum atomic E-state index is 12.6. The number of carbonyl (C=O) groups is 1. The molecule has 1 atom stereocenters. The van der Waals surface area contributed by atoms with Gasteiger partial charge in [-0.05, 0) is 62.7 Å². The van der Waals surface area contributed by atoms with Crippen LogP contribution in [0.4, 0.5) is 0 Å². The normalized spacial score (nSPS) is 15.8. The van der Waals surface area contributed by atoms with Crippen molar-refractivity contribution >= 4 is 18.3 Å². The standard InChI is InChI=1S/C23H30N2O2.ClH/c1-18-8-7-9-20(16-18)23(26)24-17-22(25-14-5-3-4-6-15-25)19-10-12-21(27-2)13-11-19;/h7-13,16,22H,3-6,14-15,17H2,1-2H3,(H,24,26);1H. The number of likely N-dealkylation sites (tertiary alicyclic amines) is 1. The van der Waals surface area contributed by atoms with Crippen molar-refractivity contribution < 1.29 is 9.53 Å². The van der Waals surface area contributed by atoms with Crippen LogP contribution in [0.1, 0.15) is 53.2 Å². The summed E-state index contributed by atoms with van der Waals surface area (Å²) >= 11 is 0. The molecular weight excluding hydrogens is 372 g/mol. The Bertz CT molecular complexity index is 741. The van der Waals surface area contributed by atoms with Crippen molar-refractivity contribution in [1.82, 2.24) is 10.2 Å². The van der Waals surface area contributed by atoms with Crippen molar-refractivity contribution in [2.24, 2.45) is 0 Å². The molecule has 1 heterocycles.